The van der Waals surface area contributed by atoms with Crippen molar-refractivity contribution in [1.29, 1.82) is 0 Å². The largest absolute Gasteiger partial charge is 0.245 e. The van der Waals surface area contributed by atoms with Crippen molar-refractivity contribution in [2.45, 2.75) is 5.03 Å². The van der Waals surface area contributed by atoms with Gasteiger partial charge in [-0.3, -0.25) is 0 Å². The molecular weight excluding hydrogens is 166 g/mol. The number of fused-ring (bicyclic) bond motifs is 1. The average Bonchev–Trinajstić information content (AvgIpc) is 2.17. The molecule has 1 nitrogen and oxygen atoms in total. The third kappa shape index (κ3) is 1.18. The van der Waals surface area contributed by atoms with E-state index in [0.717, 1.165) is 0 Å². The Kier molecular flexibility index (Phi) is 2.00. The van der Waals surface area contributed by atoms with Gasteiger partial charge in [-0.2, -0.15) is 4.40 Å². The van der Waals surface area contributed by atoms with Crippen LogP contribution >= 0.6 is 11.8 Å². The molecule has 0 unspecified atom stereocenters. The van der Waals surface area contributed by atoms with Gasteiger partial charge in [-0.1, -0.05) is 11.8 Å². The molecule has 0 aliphatic heterocycles. The summed E-state index contributed by atoms with van der Waals surface area (Å²) in [7, 11) is 0. The fraction of sp³-hybridized carbons (Fsp3) is 0.100. The minimum absolute atomic E-state index is 1.24. The molecule has 0 N–H and O–H groups in total. The summed E-state index contributed by atoms with van der Waals surface area (Å²) < 4.78 is 2.19. The minimum atomic E-state index is 1.24. The lowest BCUT2D eigenvalue weighted by atomic mass is 10.3. The highest BCUT2D eigenvalue weighted by Crippen LogP contribution is 2.09. The summed E-state index contributed by atoms with van der Waals surface area (Å²) in [5.41, 5.74) is 1.24. The van der Waals surface area contributed by atoms with E-state index in [2.05, 4.69) is 47.2 Å². The first-order valence-corrected chi connectivity index (χ1v) is 5.08. The number of thioether (sulfide) groups is 1. The average molecular weight is 176 g/mol. The number of pyridine rings is 2. The van der Waals surface area contributed by atoms with Crippen molar-refractivity contribution in [3.8, 4) is 0 Å². The molecule has 0 amide bonds. The summed E-state index contributed by atoms with van der Waals surface area (Å²) >= 11 is 1.76. The molecule has 0 radical (unpaired) electrons. The number of hydrogen-bond acceptors (Lipinski definition) is 1. The molecule has 2 aromatic heterocycles. The Morgan fingerprint density at radius 1 is 1.08 bits per heavy atom. The first-order chi connectivity index (χ1) is 5.92. The quantitative estimate of drug-likeness (QED) is 0.476. The van der Waals surface area contributed by atoms with E-state index < -0.39 is 0 Å². The molecule has 0 spiro atoms. The highest BCUT2D eigenvalue weighted by molar-refractivity contribution is 7.98. The molecule has 2 rings (SSSR count). The van der Waals surface area contributed by atoms with Crippen LogP contribution in [0.2, 0.25) is 0 Å². The molecule has 0 bridgehead atoms. The van der Waals surface area contributed by atoms with Crippen molar-refractivity contribution in [3.05, 3.63) is 42.6 Å². The van der Waals surface area contributed by atoms with Crippen molar-refractivity contribution in [3.63, 3.8) is 0 Å². The topological polar surface area (TPSA) is 4.10 Å². The lowest BCUT2D eigenvalue weighted by molar-refractivity contribution is -0.555. The van der Waals surface area contributed by atoms with Gasteiger partial charge in [0.15, 0.2) is 6.20 Å². The maximum Gasteiger partial charge on any atom is 0.245 e. The second kappa shape index (κ2) is 3.15. The van der Waals surface area contributed by atoms with Crippen LogP contribution in [-0.4, -0.2) is 6.26 Å². The van der Waals surface area contributed by atoms with Gasteiger partial charge >= 0.3 is 0 Å². The van der Waals surface area contributed by atoms with Gasteiger partial charge in [0.25, 0.3) is 0 Å². The van der Waals surface area contributed by atoms with Gasteiger partial charge in [0.1, 0.15) is 0 Å². The molecule has 2 heterocycles. The van der Waals surface area contributed by atoms with E-state index in [9.17, 15) is 0 Å². The molecular formula is C10H10NS+. The second-order valence-electron chi connectivity index (χ2n) is 2.56. The van der Waals surface area contributed by atoms with Crippen molar-refractivity contribution in [2.75, 3.05) is 6.26 Å². The van der Waals surface area contributed by atoms with Crippen LogP contribution in [0.4, 0.5) is 0 Å². The van der Waals surface area contributed by atoms with E-state index in [1.54, 1.807) is 11.8 Å². The maximum atomic E-state index is 2.19. The highest BCUT2D eigenvalue weighted by atomic mass is 32.2. The number of aromatic nitrogens is 1. The van der Waals surface area contributed by atoms with E-state index >= 15 is 0 Å². The summed E-state index contributed by atoms with van der Waals surface area (Å²) in [6.07, 6.45) is 4.18. The predicted molar refractivity (Wildman–Crippen MR) is 51.4 cm³/mol. The van der Waals surface area contributed by atoms with Crippen molar-refractivity contribution >= 4 is 17.3 Å². The Morgan fingerprint density at radius 2 is 1.92 bits per heavy atom. The Hall–Kier alpha value is -1.02. The zero-order valence-electron chi connectivity index (χ0n) is 6.90. The molecule has 2 heteroatoms. The van der Waals surface area contributed by atoms with Gasteiger partial charge in [-0.25, -0.2) is 0 Å². The summed E-state index contributed by atoms with van der Waals surface area (Å²) in [5.74, 6) is 0. The summed E-state index contributed by atoms with van der Waals surface area (Å²) in [5, 5.41) is 1.27. The van der Waals surface area contributed by atoms with Crippen LogP contribution in [0.3, 0.4) is 0 Å². The number of nitrogens with zero attached hydrogens (tertiary/aromatic N) is 1. The number of rotatable bonds is 1. The fourth-order valence-corrected chi connectivity index (χ4v) is 1.85. The van der Waals surface area contributed by atoms with Crippen LogP contribution < -0.4 is 4.40 Å². The van der Waals surface area contributed by atoms with E-state index in [1.165, 1.54) is 10.5 Å². The Balaban J connectivity index is 2.79. The first-order valence-electron chi connectivity index (χ1n) is 3.85. The lowest BCUT2D eigenvalue weighted by Crippen LogP contribution is -2.23. The third-order valence-corrected chi connectivity index (χ3v) is 2.59. The molecule has 2 aromatic rings. The Morgan fingerprint density at radius 3 is 2.75 bits per heavy atom. The molecule has 0 aromatic carbocycles. The second-order valence-corrected chi connectivity index (χ2v) is 3.39. The van der Waals surface area contributed by atoms with Crippen molar-refractivity contribution in [2.24, 2.45) is 0 Å². The van der Waals surface area contributed by atoms with E-state index in [4.69, 9.17) is 0 Å². The predicted octanol–water partition coefficient (Wildman–Crippen LogP) is 2.15. The Bertz CT molecular complexity index is 392. The van der Waals surface area contributed by atoms with Gasteiger partial charge in [-0.15, -0.1) is 0 Å². The third-order valence-electron chi connectivity index (χ3n) is 1.84. The molecule has 0 saturated carbocycles. The minimum Gasteiger partial charge on any atom is -0.155 e. The monoisotopic (exact) mass is 176 g/mol. The van der Waals surface area contributed by atoms with E-state index in [-0.39, 0.29) is 0 Å². The van der Waals surface area contributed by atoms with E-state index in [0.29, 0.717) is 0 Å². The molecule has 0 aliphatic rings. The molecule has 0 fully saturated rings. The highest BCUT2D eigenvalue weighted by Gasteiger charge is 2.05. The van der Waals surface area contributed by atoms with Gasteiger partial charge in [0, 0.05) is 24.3 Å². The van der Waals surface area contributed by atoms with Crippen molar-refractivity contribution < 1.29 is 4.40 Å². The standard InChI is InChI=1S/C10H10NS/c1-12-10-7-4-6-9-5-2-3-8-11(9)10/h2-8H,1H3/q+1. The van der Waals surface area contributed by atoms with Gasteiger partial charge in [-0.05, 0) is 18.4 Å². The zero-order valence-corrected chi connectivity index (χ0v) is 7.71. The van der Waals surface area contributed by atoms with Gasteiger partial charge in [0.05, 0.1) is 0 Å². The van der Waals surface area contributed by atoms with Crippen LogP contribution in [0.15, 0.2) is 47.6 Å². The maximum absolute atomic E-state index is 2.19. The molecule has 0 atom stereocenters. The molecule has 12 heavy (non-hydrogen) atoms. The summed E-state index contributed by atoms with van der Waals surface area (Å²) in [4.78, 5) is 0. The zero-order chi connectivity index (χ0) is 8.39. The number of hydrogen-bond donors (Lipinski definition) is 0. The van der Waals surface area contributed by atoms with Crippen molar-refractivity contribution in [1.82, 2.24) is 0 Å². The van der Waals surface area contributed by atoms with Crippen LogP contribution in [0, 0.1) is 0 Å². The molecule has 60 valence electrons. The smallest absolute Gasteiger partial charge is 0.155 e. The van der Waals surface area contributed by atoms with Crippen LogP contribution in [0.25, 0.3) is 5.52 Å². The summed E-state index contributed by atoms with van der Waals surface area (Å²) in [6.45, 7) is 0. The van der Waals surface area contributed by atoms with Crippen LogP contribution in [-0.2, 0) is 0 Å². The van der Waals surface area contributed by atoms with Gasteiger partial charge < -0.3 is 0 Å². The normalized spacial score (nSPS) is 10.4. The SMILES string of the molecule is CSc1cccc2cccc[n+]12. The van der Waals surface area contributed by atoms with Crippen LogP contribution in [0.5, 0.6) is 0 Å². The molecule has 0 aliphatic carbocycles. The van der Waals surface area contributed by atoms with Crippen LogP contribution in [0.1, 0.15) is 0 Å². The Labute approximate surface area is 76.0 Å². The molecule has 0 saturated heterocycles. The summed E-state index contributed by atoms with van der Waals surface area (Å²) in [6, 6.07) is 12.5. The van der Waals surface area contributed by atoms with E-state index in [1.807, 2.05) is 6.07 Å². The fourth-order valence-electron chi connectivity index (χ4n) is 1.27. The van der Waals surface area contributed by atoms with Gasteiger partial charge in [0.2, 0.25) is 10.5 Å². The lowest BCUT2D eigenvalue weighted by Gasteiger charge is -1.93. The first kappa shape index (κ1) is 7.62.